The van der Waals surface area contributed by atoms with Crippen LogP contribution in [-0.2, 0) is 10.9 Å². The van der Waals surface area contributed by atoms with Crippen LogP contribution in [0.25, 0.3) is 10.9 Å². The number of fused-ring (bicyclic) bond motifs is 1. The first-order valence-corrected chi connectivity index (χ1v) is 10.5. The van der Waals surface area contributed by atoms with Gasteiger partial charge >= 0.3 is 6.18 Å². The average molecular weight is 500 g/mol. The number of aromatic nitrogens is 2. The lowest BCUT2D eigenvalue weighted by Crippen LogP contribution is -2.36. The van der Waals surface area contributed by atoms with Crippen LogP contribution in [0, 0.1) is 15.9 Å². The number of hydrogen-bond donors (Lipinski definition) is 1. The van der Waals surface area contributed by atoms with Gasteiger partial charge in [0.2, 0.25) is 5.28 Å². The number of benzene rings is 2. The summed E-state index contributed by atoms with van der Waals surface area (Å²) in [7, 11) is 0. The van der Waals surface area contributed by atoms with Crippen LogP contribution < -0.4 is 10.2 Å². The van der Waals surface area contributed by atoms with Gasteiger partial charge < -0.3 is 15.0 Å². The second-order valence-corrected chi connectivity index (χ2v) is 8.03. The maximum absolute atomic E-state index is 14.8. The number of nitro groups is 1. The van der Waals surface area contributed by atoms with Crippen molar-refractivity contribution >= 4 is 39.7 Å². The normalized spacial score (nSPS) is 15.4. The van der Waals surface area contributed by atoms with Gasteiger partial charge in [-0.05, 0) is 36.2 Å². The number of halogens is 5. The standard InChI is InChI=1S/C21H18ClF4N5O3/c1-11(12-6-13(21(24,25)26)8-14(7-12)31(32)33)27-19-15-9-18(30-2-4-34-5-3-30)16(23)10-17(15)28-20(22)29-19/h6-11H,2-5H2,1H3,(H,27,28,29). The van der Waals surface area contributed by atoms with E-state index in [0.717, 1.165) is 12.1 Å². The molecule has 13 heteroatoms. The number of nitro benzene ring substituents is 1. The minimum absolute atomic E-state index is 0.0138. The molecule has 1 atom stereocenters. The predicted molar refractivity (Wildman–Crippen MR) is 118 cm³/mol. The first-order chi connectivity index (χ1) is 16.0. The highest BCUT2D eigenvalue weighted by Gasteiger charge is 2.33. The Hall–Kier alpha value is -3.25. The van der Waals surface area contributed by atoms with Crippen LogP contribution >= 0.6 is 11.6 Å². The van der Waals surface area contributed by atoms with E-state index < -0.39 is 34.2 Å². The third-order valence-electron chi connectivity index (χ3n) is 5.42. The van der Waals surface area contributed by atoms with Gasteiger partial charge in [-0.1, -0.05) is 0 Å². The van der Waals surface area contributed by atoms with Gasteiger partial charge in [-0.25, -0.2) is 14.4 Å². The number of morpholine rings is 1. The highest BCUT2D eigenvalue weighted by molar-refractivity contribution is 6.28. The summed E-state index contributed by atoms with van der Waals surface area (Å²) < 4.78 is 60.0. The molecule has 0 aliphatic carbocycles. The number of non-ortho nitro benzene ring substituents is 1. The molecule has 0 saturated carbocycles. The second-order valence-electron chi connectivity index (χ2n) is 7.70. The number of anilines is 2. The first-order valence-electron chi connectivity index (χ1n) is 10.2. The van der Waals surface area contributed by atoms with E-state index in [0.29, 0.717) is 43.4 Å². The van der Waals surface area contributed by atoms with E-state index in [1.165, 1.54) is 19.1 Å². The Bertz CT molecular complexity index is 1250. The largest absolute Gasteiger partial charge is 0.416 e. The van der Waals surface area contributed by atoms with E-state index in [-0.39, 0.29) is 22.2 Å². The summed E-state index contributed by atoms with van der Waals surface area (Å²) in [6.07, 6.45) is -4.77. The molecule has 1 aliphatic heterocycles. The Morgan fingerprint density at radius 3 is 2.53 bits per heavy atom. The molecule has 1 aromatic heterocycles. The van der Waals surface area contributed by atoms with Crippen LogP contribution in [0.3, 0.4) is 0 Å². The molecule has 180 valence electrons. The fraction of sp³-hybridized carbons (Fsp3) is 0.333. The molecule has 1 fully saturated rings. The highest BCUT2D eigenvalue weighted by Crippen LogP contribution is 2.36. The molecule has 0 bridgehead atoms. The van der Waals surface area contributed by atoms with Crippen molar-refractivity contribution in [3.05, 3.63) is 62.7 Å². The molecule has 2 heterocycles. The van der Waals surface area contributed by atoms with Crippen molar-refractivity contribution in [2.45, 2.75) is 19.1 Å². The molecule has 4 rings (SSSR count). The fourth-order valence-corrected chi connectivity index (χ4v) is 3.88. The lowest BCUT2D eigenvalue weighted by atomic mass is 10.0. The van der Waals surface area contributed by atoms with Crippen molar-refractivity contribution < 1.29 is 27.2 Å². The van der Waals surface area contributed by atoms with E-state index in [2.05, 4.69) is 15.3 Å². The van der Waals surface area contributed by atoms with Gasteiger partial charge in [-0.2, -0.15) is 13.2 Å². The predicted octanol–water partition coefficient (Wildman–Crippen LogP) is 5.36. The maximum atomic E-state index is 14.8. The Balaban J connectivity index is 1.75. The lowest BCUT2D eigenvalue weighted by Gasteiger charge is -2.29. The van der Waals surface area contributed by atoms with Crippen molar-refractivity contribution in [2.75, 3.05) is 36.5 Å². The van der Waals surface area contributed by atoms with Gasteiger partial charge in [-0.3, -0.25) is 10.1 Å². The number of nitrogens with zero attached hydrogens (tertiary/aromatic N) is 4. The van der Waals surface area contributed by atoms with Crippen molar-refractivity contribution in [2.24, 2.45) is 0 Å². The monoisotopic (exact) mass is 499 g/mol. The molecule has 0 amide bonds. The van der Waals surface area contributed by atoms with Crippen LogP contribution in [0.2, 0.25) is 5.28 Å². The zero-order valence-electron chi connectivity index (χ0n) is 17.7. The van der Waals surface area contributed by atoms with Crippen molar-refractivity contribution in [1.82, 2.24) is 9.97 Å². The summed E-state index contributed by atoms with van der Waals surface area (Å²) in [6.45, 7) is 3.34. The van der Waals surface area contributed by atoms with Crippen LogP contribution in [0.15, 0.2) is 30.3 Å². The summed E-state index contributed by atoms with van der Waals surface area (Å²) in [6, 6.07) is 4.26. The van der Waals surface area contributed by atoms with Gasteiger partial charge in [0.15, 0.2) is 0 Å². The number of nitrogens with one attached hydrogen (secondary N) is 1. The van der Waals surface area contributed by atoms with Gasteiger partial charge in [0.25, 0.3) is 5.69 Å². The second kappa shape index (κ2) is 9.18. The van der Waals surface area contributed by atoms with E-state index in [1.807, 2.05) is 0 Å². The molecule has 0 spiro atoms. The minimum Gasteiger partial charge on any atom is -0.378 e. The minimum atomic E-state index is -4.77. The summed E-state index contributed by atoms with van der Waals surface area (Å²) in [5.41, 5.74) is -1.33. The molecule has 3 aromatic rings. The number of rotatable bonds is 5. The van der Waals surface area contributed by atoms with E-state index in [4.69, 9.17) is 16.3 Å². The lowest BCUT2D eigenvalue weighted by molar-refractivity contribution is -0.385. The van der Waals surface area contributed by atoms with Gasteiger partial charge in [0.05, 0.1) is 40.9 Å². The molecule has 1 N–H and O–H groups in total. The van der Waals surface area contributed by atoms with Crippen molar-refractivity contribution in [3.8, 4) is 0 Å². The summed E-state index contributed by atoms with van der Waals surface area (Å²) in [5, 5.41) is 14.3. The quantitative estimate of drug-likeness (QED) is 0.219. The zero-order chi connectivity index (χ0) is 24.6. The summed E-state index contributed by atoms with van der Waals surface area (Å²) in [5.74, 6) is -0.367. The van der Waals surface area contributed by atoms with E-state index in [9.17, 15) is 27.7 Å². The molecule has 1 unspecified atom stereocenters. The van der Waals surface area contributed by atoms with E-state index in [1.54, 1.807) is 4.90 Å². The Morgan fingerprint density at radius 2 is 1.88 bits per heavy atom. The fourth-order valence-electron chi connectivity index (χ4n) is 3.71. The molecule has 1 aliphatic rings. The van der Waals surface area contributed by atoms with Crippen molar-refractivity contribution in [1.29, 1.82) is 0 Å². The topological polar surface area (TPSA) is 93.4 Å². The summed E-state index contributed by atoms with van der Waals surface area (Å²) in [4.78, 5) is 20.3. The molecule has 34 heavy (non-hydrogen) atoms. The molecule has 8 nitrogen and oxygen atoms in total. The third-order valence-corrected chi connectivity index (χ3v) is 5.59. The van der Waals surface area contributed by atoms with Crippen molar-refractivity contribution in [3.63, 3.8) is 0 Å². The van der Waals surface area contributed by atoms with Crippen LogP contribution in [-0.4, -0.2) is 41.2 Å². The van der Waals surface area contributed by atoms with Crippen LogP contribution in [0.4, 0.5) is 34.8 Å². The number of alkyl halides is 3. The maximum Gasteiger partial charge on any atom is 0.416 e. The molecule has 2 aromatic carbocycles. The molecule has 1 saturated heterocycles. The number of ether oxygens (including phenoxy) is 1. The average Bonchev–Trinajstić information content (AvgIpc) is 2.78. The Kier molecular flexibility index (Phi) is 6.45. The Labute approximate surface area is 195 Å². The zero-order valence-corrected chi connectivity index (χ0v) is 18.5. The van der Waals surface area contributed by atoms with Crippen LogP contribution in [0.5, 0.6) is 0 Å². The highest BCUT2D eigenvalue weighted by atomic mass is 35.5. The van der Waals surface area contributed by atoms with Gasteiger partial charge in [0, 0.05) is 36.7 Å². The first kappa shape index (κ1) is 23.9. The smallest absolute Gasteiger partial charge is 0.378 e. The van der Waals surface area contributed by atoms with Gasteiger partial charge in [0.1, 0.15) is 11.6 Å². The number of hydrogen-bond acceptors (Lipinski definition) is 7. The van der Waals surface area contributed by atoms with E-state index >= 15 is 0 Å². The molecule has 0 radical (unpaired) electrons. The third kappa shape index (κ3) is 4.97. The van der Waals surface area contributed by atoms with Crippen LogP contribution in [0.1, 0.15) is 24.1 Å². The summed E-state index contributed by atoms with van der Waals surface area (Å²) >= 11 is 6.00. The Morgan fingerprint density at radius 1 is 1.18 bits per heavy atom. The van der Waals surface area contributed by atoms with Gasteiger partial charge in [-0.15, -0.1) is 0 Å². The molecular formula is C21H18ClF4N5O3. The molecular weight excluding hydrogens is 482 g/mol. The SMILES string of the molecule is CC(Nc1nc(Cl)nc2cc(F)c(N3CCOCC3)cc12)c1cc([N+](=O)[O-])cc(C(F)(F)F)c1.